The van der Waals surface area contributed by atoms with Gasteiger partial charge in [-0.05, 0) is 47.5 Å². The van der Waals surface area contributed by atoms with Crippen molar-refractivity contribution < 1.29 is 18.4 Å². The van der Waals surface area contributed by atoms with Crippen LogP contribution in [0.4, 0.5) is 14.5 Å². The van der Waals surface area contributed by atoms with Crippen LogP contribution in [-0.4, -0.2) is 18.7 Å². The molecule has 0 radical (unpaired) electrons. The number of nitrogens with zero attached hydrogens (tertiary/aromatic N) is 1. The molecule has 0 aliphatic heterocycles. The highest BCUT2D eigenvalue weighted by atomic mass is 35.5. The molecular weight excluding hydrogens is 445 g/mol. The minimum Gasteiger partial charge on any atom is -0.399 e. The number of hydrogen-bond acceptors (Lipinski definition) is 3. The second-order valence-electron chi connectivity index (χ2n) is 6.72. The molecule has 0 unspecified atom stereocenters. The minimum absolute atomic E-state index is 0.0911. The number of anilines is 1. The molecule has 0 saturated heterocycles. The maximum Gasteiger partial charge on any atom is 0.255 e. The van der Waals surface area contributed by atoms with E-state index < -0.39 is 17.5 Å². The second-order valence-corrected chi connectivity index (χ2v) is 7.53. The first kappa shape index (κ1) is 22.7. The van der Waals surface area contributed by atoms with Gasteiger partial charge in [-0.15, -0.1) is 0 Å². The lowest BCUT2D eigenvalue weighted by atomic mass is 10.0. The lowest BCUT2D eigenvalue weighted by Gasteiger charge is -2.09. The van der Waals surface area contributed by atoms with Crippen molar-refractivity contribution >= 4 is 40.5 Å². The predicted octanol–water partition coefficient (Wildman–Crippen LogP) is 6.31. The molecule has 0 fully saturated rings. The Morgan fingerprint density at radius 3 is 2.26 bits per heavy atom. The largest absolute Gasteiger partial charge is 0.399 e. The van der Waals surface area contributed by atoms with Gasteiger partial charge in [0.2, 0.25) is 0 Å². The first-order valence-electron chi connectivity index (χ1n) is 9.24. The van der Waals surface area contributed by atoms with Crippen molar-refractivity contribution in [3.8, 4) is 0 Å². The van der Waals surface area contributed by atoms with Gasteiger partial charge >= 0.3 is 0 Å². The summed E-state index contributed by atoms with van der Waals surface area (Å²) in [4.78, 5) is 17.3. The molecule has 0 bridgehead atoms. The normalized spacial score (nSPS) is 11.3. The van der Waals surface area contributed by atoms with E-state index in [1.807, 2.05) is 6.07 Å². The molecule has 0 spiro atoms. The van der Waals surface area contributed by atoms with E-state index in [2.05, 4.69) is 10.5 Å². The second kappa shape index (κ2) is 10.4. The molecule has 3 aromatic rings. The predicted molar refractivity (Wildman–Crippen MR) is 119 cm³/mol. The van der Waals surface area contributed by atoms with Crippen molar-refractivity contribution in [1.82, 2.24) is 0 Å². The van der Waals surface area contributed by atoms with Crippen LogP contribution in [0.2, 0.25) is 10.0 Å². The highest BCUT2D eigenvalue weighted by Crippen LogP contribution is 2.23. The summed E-state index contributed by atoms with van der Waals surface area (Å²) in [7, 11) is 1.47. The minimum atomic E-state index is -0.840. The Bertz CT molecular complexity index is 1120. The fourth-order valence-corrected chi connectivity index (χ4v) is 3.26. The van der Waals surface area contributed by atoms with E-state index in [0.717, 1.165) is 22.9 Å². The van der Waals surface area contributed by atoms with Gasteiger partial charge in [0.25, 0.3) is 5.91 Å². The van der Waals surface area contributed by atoms with Crippen LogP contribution >= 0.6 is 23.2 Å². The van der Waals surface area contributed by atoms with E-state index in [1.54, 1.807) is 36.4 Å². The summed E-state index contributed by atoms with van der Waals surface area (Å²) in [6.07, 6.45) is 0.999. The fraction of sp³-hybridized carbons (Fsp3) is 0.130. The molecule has 160 valence electrons. The smallest absolute Gasteiger partial charge is 0.255 e. The van der Waals surface area contributed by atoms with E-state index in [1.165, 1.54) is 13.2 Å². The first-order valence-corrected chi connectivity index (χ1v) is 9.99. The Morgan fingerprint density at radius 2 is 1.61 bits per heavy atom. The highest BCUT2D eigenvalue weighted by Gasteiger charge is 2.11. The summed E-state index contributed by atoms with van der Waals surface area (Å²) < 4.78 is 26.7. The number of halogens is 4. The van der Waals surface area contributed by atoms with E-state index in [9.17, 15) is 13.6 Å². The summed E-state index contributed by atoms with van der Waals surface area (Å²) >= 11 is 12.0. The number of amides is 1. The van der Waals surface area contributed by atoms with E-state index >= 15 is 0 Å². The molecule has 8 heteroatoms. The van der Waals surface area contributed by atoms with Crippen LogP contribution < -0.4 is 5.32 Å². The van der Waals surface area contributed by atoms with E-state index in [-0.39, 0.29) is 5.69 Å². The topological polar surface area (TPSA) is 50.7 Å². The molecule has 31 heavy (non-hydrogen) atoms. The number of carbonyl (C=O) groups is 1. The third-order valence-electron chi connectivity index (χ3n) is 4.42. The maximum atomic E-state index is 13.7. The Hall–Kier alpha value is -2.96. The third kappa shape index (κ3) is 6.26. The first-order chi connectivity index (χ1) is 14.9. The molecular formula is C23H18Cl2F2N2O2. The van der Waals surface area contributed by atoms with Crippen LogP contribution in [0.1, 0.15) is 21.5 Å². The van der Waals surface area contributed by atoms with Gasteiger partial charge in [0.05, 0.1) is 21.4 Å². The molecule has 3 rings (SSSR count). The van der Waals surface area contributed by atoms with Crippen LogP contribution in [-0.2, 0) is 17.7 Å². The summed E-state index contributed by atoms with van der Waals surface area (Å²) in [6, 6.07) is 15.1. The lowest BCUT2D eigenvalue weighted by Crippen LogP contribution is -2.13. The van der Waals surface area contributed by atoms with Crippen LogP contribution in [0.15, 0.2) is 65.8 Å². The van der Waals surface area contributed by atoms with Crippen molar-refractivity contribution in [2.45, 2.75) is 12.8 Å². The number of rotatable bonds is 7. The van der Waals surface area contributed by atoms with Gasteiger partial charge in [0.1, 0.15) is 18.7 Å². The standard InChI is InChI=1S/C23H18Cl2F2N2O2/c1-31-29-18(11-15-4-8-19(24)20(25)12-15)10-14-2-5-16(6-3-14)23(30)28-22-9-7-17(26)13-21(22)27/h2-9,12-13H,10-11H2,1H3,(H,28,30)/b29-18+. The van der Waals surface area contributed by atoms with Crippen molar-refractivity contribution in [3.63, 3.8) is 0 Å². The molecule has 0 aliphatic carbocycles. The van der Waals surface area contributed by atoms with Gasteiger partial charge in [-0.2, -0.15) is 0 Å². The average Bonchev–Trinajstić information content (AvgIpc) is 2.73. The molecule has 1 amide bonds. The zero-order valence-electron chi connectivity index (χ0n) is 16.5. The summed E-state index contributed by atoms with van der Waals surface area (Å²) in [5.74, 6) is -2.06. The quantitative estimate of drug-likeness (QED) is 0.330. The number of nitrogens with one attached hydrogen (secondary N) is 1. The fourth-order valence-electron chi connectivity index (χ4n) is 2.94. The van der Waals surface area contributed by atoms with Gasteiger partial charge in [-0.25, -0.2) is 8.78 Å². The van der Waals surface area contributed by atoms with Crippen molar-refractivity contribution in [2.24, 2.45) is 5.16 Å². The maximum absolute atomic E-state index is 13.7. The van der Waals surface area contributed by atoms with Crippen molar-refractivity contribution in [1.29, 1.82) is 0 Å². The summed E-state index contributed by atoms with van der Waals surface area (Å²) in [5, 5.41) is 7.45. The van der Waals surface area contributed by atoms with Gasteiger partial charge < -0.3 is 10.2 Å². The number of benzene rings is 3. The van der Waals surface area contributed by atoms with E-state index in [4.69, 9.17) is 28.0 Å². The van der Waals surface area contributed by atoms with Gasteiger partial charge in [0.15, 0.2) is 0 Å². The Balaban J connectivity index is 1.68. The van der Waals surface area contributed by atoms with Crippen LogP contribution in [0.5, 0.6) is 0 Å². The summed E-state index contributed by atoms with van der Waals surface area (Å²) in [6.45, 7) is 0. The monoisotopic (exact) mass is 462 g/mol. The highest BCUT2D eigenvalue weighted by molar-refractivity contribution is 6.42. The molecule has 0 aliphatic rings. The van der Waals surface area contributed by atoms with Crippen LogP contribution in [0.25, 0.3) is 0 Å². The van der Waals surface area contributed by atoms with E-state index in [0.29, 0.717) is 34.5 Å². The molecule has 0 aromatic heterocycles. The molecule has 3 aromatic carbocycles. The number of carbonyl (C=O) groups excluding carboxylic acids is 1. The average molecular weight is 463 g/mol. The Labute approximate surface area is 188 Å². The SMILES string of the molecule is CO/N=C(\Cc1ccc(C(=O)Nc2ccc(F)cc2F)cc1)Cc1ccc(Cl)c(Cl)c1. The molecule has 0 heterocycles. The number of oxime groups is 1. The number of hydrogen-bond donors (Lipinski definition) is 1. The zero-order chi connectivity index (χ0) is 22.4. The summed E-state index contributed by atoms with van der Waals surface area (Å²) in [5.41, 5.74) is 2.84. The molecule has 0 saturated carbocycles. The molecule has 4 nitrogen and oxygen atoms in total. The van der Waals surface area contributed by atoms with Gasteiger partial charge in [0, 0.05) is 24.5 Å². The Kier molecular flexibility index (Phi) is 7.60. The zero-order valence-corrected chi connectivity index (χ0v) is 18.0. The molecule has 1 N–H and O–H groups in total. The van der Waals surface area contributed by atoms with Crippen molar-refractivity contribution in [2.75, 3.05) is 12.4 Å². The third-order valence-corrected chi connectivity index (χ3v) is 5.16. The van der Waals surface area contributed by atoms with Gasteiger partial charge in [-0.1, -0.05) is 46.6 Å². The van der Waals surface area contributed by atoms with Crippen molar-refractivity contribution in [3.05, 3.63) is 99.0 Å². The van der Waals surface area contributed by atoms with Crippen LogP contribution in [0, 0.1) is 11.6 Å². The van der Waals surface area contributed by atoms with Gasteiger partial charge in [-0.3, -0.25) is 4.79 Å². The molecule has 0 atom stereocenters. The van der Waals surface area contributed by atoms with Crippen LogP contribution in [0.3, 0.4) is 0 Å². The lowest BCUT2D eigenvalue weighted by molar-refractivity contribution is 0.102. The Morgan fingerprint density at radius 1 is 0.935 bits per heavy atom.